The fraction of sp³-hybridized carbons (Fsp3) is 0.357. The third kappa shape index (κ3) is 4.71. The van der Waals surface area contributed by atoms with Crippen molar-refractivity contribution in [1.82, 2.24) is 0 Å². The summed E-state index contributed by atoms with van der Waals surface area (Å²) in [6.45, 7) is 10.9. The lowest BCUT2D eigenvalue weighted by Crippen LogP contribution is -2.39. The van der Waals surface area contributed by atoms with Crippen LogP contribution in [0.25, 0.3) is 0 Å². The maximum absolute atomic E-state index is 13.8. The molecule has 0 fully saturated rings. The van der Waals surface area contributed by atoms with E-state index in [1.165, 1.54) is 16.0 Å². The van der Waals surface area contributed by atoms with Gasteiger partial charge in [0.25, 0.3) is 10.0 Å². The molecule has 0 spiro atoms. The fourth-order valence-electron chi connectivity index (χ4n) is 4.54. The van der Waals surface area contributed by atoms with Crippen molar-refractivity contribution in [2.45, 2.75) is 68.7 Å². The van der Waals surface area contributed by atoms with E-state index in [0.29, 0.717) is 22.5 Å². The zero-order chi connectivity index (χ0) is 23.8. The Morgan fingerprint density at radius 2 is 1.48 bits per heavy atom. The average molecular weight is 480 g/mol. The molecule has 174 valence electrons. The van der Waals surface area contributed by atoms with Crippen LogP contribution in [-0.4, -0.2) is 20.2 Å². The van der Waals surface area contributed by atoms with Crippen LogP contribution in [0.15, 0.2) is 76.5 Å². The Balaban J connectivity index is 1.71. The number of rotatable bonds is 7. The molecule has 3 aromatic carbocycles. The molecule has 0 saturated heterocycles. The van der Waals surface area contributed by atoms with E-state index in [-0.39, 0.29) is 6.04 Å². The summed E-state index contributed by atoms with van der Waals surface area (Å²) in [5.41, 5.74) is 5.64. The highest BCUT2D eigenvalue weighted by molar-refractivity contribution is 7.99. The molecule has 3 nitrogen and oxygen atoms in total. The van der Waals surface area contributed by atoms with Gasteiger partial charge in [0.15, 0.2) is 0 Å². The van der Waals surface area contributed by atoms with E-state index >= 15 is 0 Å². The number of thioether (sulfide) groups is 1. The summed E-state index contributed by atoms with van der Waals surface area (Å²) in [6, 6.07) is 21.5. The van der Waals surface area contributed by atoms with Gasteiger partial charge in [-0.25, -0.2) is 8.42 Å². The topological polar surface area (TPSA) is 37.4 Å². The third-order valence-corrected chi connectivity index (χ3v) is 9.53. The number of aryl methyl sites for hydroxylation is 1. The summed E-state index contributed by atoms with van der Waals surface area (Å²) in [5.74, 6) is 1.54. The van der Waals surface area contributed by atoms with E-state index in [0.717, 1.165) is 23.2 Å². The van der Waals surface area contributed by atoms with Crippen LogP contribution < -0.4 is 4.31 Å². The van der Waals surface area contributed by atoms with Crippen LogP contribution in [0.1, 0.15) is 61.8 Å². The van der Waals surface area contributed by atoms with Gasteiger partial charge in [-0.2, -0.15) is 0 Å². The monoisotopic (exact) mass is 479 g/mol. The standard InChI is InChI=1S/C28H33NO2S2/c1-19(2)25-10-8-11-26(20(3)4)28(25)32-18-23-17-22-9-6-7-12-27(22)29(23)33(30,31)24-15-13-21(5)14-16-24/h6-16,19-20,23H,17-18H2,1-5H3/t23-/m0/s1. The average Bonchev–Trinajstić information content (AvgIpc) is 3.16. The molecule has 0 N–H and O–H groups in total. The molecular weight excluding hydrogens is 446 g/mol. The zero-order valence-corrected chi connectivity index (χ0v) is 21.7. The van der Waals surface area contributed by atoms with E-state index < -0.39 is 10.0 Å². The number of para-hydroxylation sites is 1. The highest BCUT2D eigenvalue weighted by atomic mass is 32.2. The van der Waals surface area contributed by atoms with Crippen LogP contribution >= 0.6 is 11.8 Å². The molecule has 0 aromatic heterocycles. The predicted octanol–water partition coefficient (Wildman–Crippen LogP) is 7.15. The van der Waals surface area contributed by atoms with Gasteiger partial charge in [0.2, 0.25) is 0 Å². The van der Waals surface area contributed by atoms with Gasteiger partial charge in [-0.15, -0.1) is 11.8 Å². The molecule has 1 atom stereocenters. The second-order valence-corrected chi connectivity index (χ2v) is 12.3. The molecule has 0 amide bonds. The third-order valence-electron chi connectivity index (χ3n) is 6.33. The van der Waals surface area contributed by atoms with Crippen LogP contribution in [0.5, 0.6) is 0 Å². The SMILES string of the molecule is Cc1ccc(S(=O)(=O)N2c3ccccc3C[C@H]2CSc2c(C(C)C)cccc2C(C)C)cc1. The second-order valence-electron chi connectivity index (χ2n) is 9.49. The predicted molar refractivity (Wildman–Crippen MR) is 140 cm³/mol. The van der Waals surface area contributed by atoms with Gasteiger partial charge in [-0.05, 0) is 60.1 Å². The van der Waals surface area contributed by atoms with E-state index in [2.05, 4.69) is 52.0 Å². The van der Waals surface area contributed by atoms with Crippen molar-refractivity contribution in [3.63, 3.8) is 0 Å². The minimum atomic E-state index is -3.66. The first-order chi connectivity index (χ1) is 15.7. The summed E-state index contributed by atoms with van der Waals surface area (Å²) in [6.07, 6.45) is 0.731. The van der Waals surface area contributed by atoms with Gasteiger partial charge in [-0.1, -0.05) is 81.8 Å². The number of sulfonamides is 1. The minimum Gasteiger partial charge on any atom is -0.262 e. The molecule has 1 heterocycles. The van der Waals surface area contributed by atoms with E-state index in [1.54, 1.807) is 16.4 Å². The number of fused-ring (bicyclic) bond motifs is 1. The lowest BCUT2D eigenvalue weighted by molar-refractivity contribution is 0.585. The van der Waals surface area contributed by atoms with Crippen molar-refractivity contribution in [3.05, 3.63) is 89.0 Å². The van der Waals surface area contributed by atoms with Gasteiger partial charge < -0.3 is 0 Å². The molecule has 1 aliphatic heterocycles. The molecule has 5 heteroatoms. The molecule has 0 unspecified atom stereocenters. The van der Waals surface area contributed by atoms with E-state index in [9.17, 15) is 8.42 Å². The Labute approximate surface area is 203 Å². The first-order valence-electron chi connectivity index (χ1n) is 11.6. The number of hydrogen-bond acceptors (Lipinski definition) is 3. The highest BCUT2D eigenvalue weighted by Gasteiger charge is 2.38. The smallest absolute Gasteiger partial charge is 0.262 e. The van der Waals surface area contributed by atoms with E-state index in [1.807, 2.05) is 49.0 Å². The van der Waals surface area contributed by atoms with Crippen molar-refractivity contribution >= 4 is 27.5 Å². The van der Waals surface area contributed by atoms with Crippen molar-refractivity contribution in [2.75, 3.05) is 10.1 Å². The highest BCUT2D eigenvalue weighted by Crippen LogP contribution is 2.41. The first-order valence-corrected chi connectivity index (χ1v) is 14.1. The van der Waals surface area contributed by atoms with Crippen molar-refractivity contribution in [1.29, 1.82) is 0 Å². The van der Waals surface area contributed by atoms with Crippen LogP contribution in [0.4, 0.5) is 5.69 Å². The maximum atomic E-state index is 13.8. The Hall–Kier alpha value is -2.24. The van der Waals surface area contributed by atoms with Gasteiger partial charge >= 0.3 is 0 Å². The van der Waals surface area contributed by atoms with Gasteiger partial charge in [0.05, 0.1) is 16.6 Å². The van der Waals surface area contributed by atoms with Gasteiger partial charge in [0.1, 0.15) is 0 Å². The minimum absolute atomic E-state index is 0.126. The normalized spacial score (nSPS) is 16.0. The zero-order valence-electron chi connectivity index (χ0n) is 20.1. The molecule has 1 aliphatic rings. The lowest BCUT2D eigenvalue weighted by atomic mass is 9.95. The van der Waals surface area contributed by atoms with Gasteiger partial charge in [0, 0.05) is 10.6 Å². The second kappa shape index (κ2) is 9.55. The van der Waals surface area contributed by atoms with Crippen molar-refractivity contribution in [3.8, 4) is 0 Å². The largest absolute Gasteiger partial charge is 0.264 e. The molecule has 0 bridgehead atoms. The molecule has 0 radical (unpaired) electrons. The molecule has 33 heavy (non-hydrogen) atoms. The Bertz CT molecular complexity index is 1200. The van der Waals surface area contributed by atoms with Crippen LogP contribution in [0.2, 0.25) is 0 Å². The van der Waals surface area contributed by atoms with Crippen molar-refractivity contribution in [2.24, 2.45) is 0 Å². The first kappa shape index (κ1) is 23.9. The molecule has 0 saturated carbocycles. The summed E-state index contributed by atoms with van der Waals surface area (Å²) >= 11 is 1.81. The number of anilines is 1. The number of benzene rings is 3. The van der Waals surface area contributed by atoms with Crippen LogP contribution in [0.3, 0.4) is 0 Å². The summed E-state index contributed by atoms with van der Waals surface area (Å²) in [5, 5.41) is 0. The molecule has 4 rings (SSSR count). The number of nitrogens with zero attached hydrogens (tertiary/aromatic N) is 1. The Kier molecular flexibility index (Phi) is 6.92. The molecule has 3 aromatic rings. The number of hydrogen-bond donors (Lipinski definition) is 0. The Morgan fingerprint density at radius 1 is 0.879 bits per heavy atom. The summed E-state index contributed by atoms with van der Waals surface area (Å²) < 4.78 is 29.3. The van der Waals surface area contributed by atoms with Gasteiger partial charge in [-0.3, -0.25) is 4.31 Å². The summed E-state index contributed by atoms with van der Waals surface area (Å²) in [7, 11) is -3.66. The van der Waals surface area contributed by atoms with E-state index in [4.69, 9.17) is 0 Å². The summed E-state index contributed by atoms with van der Waals surface area (Å²) in [4.78, 5) is 1.66. The van der Waals surface area contributed by atoms with Crippen molar-refractivity contribution < 1.29 is 8.42 Å². The van der Waals surface area contributed by atoms with Crippen LogP contribution in [0, 0.1) is 6.92 Å². The maximum Gasteiger partial charge on any atom is 0.264 e. The molecular formula is C28H33NO2S2. The molecule has 0 aliphatic carbocycles. The fourth-order valence-corrected chi connectivity index (χ4v) is 7.88. The lowest BCUT2D eigenvalue weighted by Gasteiger charge is -2.28. The Morgan fingerprint density at radius 3 is 2.09 bits per heavy atom. The quantitative estimate of drug-likeness (QED) is 0.338. The van der Waals surface area contributed by atoms with Crippen LogP contribution in [-0.2, 0) is 16.4 Å².